The molecule has 0 amide bonds. The molecular formula is C17H24FNO6. The molecule has 0 spiro atoms. The lowest BCUT2D eigenvalue weighted by Crippen LogP contribution is -2.33. The summed E-state index contributed by atoms with van der Waals surface area (Å²) in [5.74, 6) is -1.44. The first kappa shape index (κ1) is 19.3. The summed E-state index contributed by atoms with van der Waals surface area (Å²) >= 11 is 0. The van der Waals surface area contributed by atoms with Crippen LogP contribution < -0.4 is 14.8 Å². The van der Waals surface area contributed by atoms with Crippen molar-refractivity contribution >= 4 is 11.7 Å². The number of hydrogen-bond acceptors (Lipinski definition) is 6. The molecule has 0 aromatic heterocycles. The summed E-state index contributed by atoms with van der Waals surface area (Å²) in [6, 6.07) is 1.66. The lowest BCUT2D eigenvalue weighted by Gasteiger charge is -2.33. The minimum atomic E-state index is -1.11. The fourth-order valence-electron chi connectivity index (χ4n) is 2.47. The van der Waals surface area contributed by atoms with Crippen molar-refractivity contribution < 1.29 is 33.2 Å². The SMILES string of the molecule is COCCOCOc1cc2c(c(F)c1NCC(=O)O)OC(C)(C)CC2. The summed E-state index contributed by atoms with van der Waals surface area (Å²) in [4.78, 5) is 10.8. The predicted octanol–water partition coefficient (Wildman–Crippen LogP) is 2.43. The van der Waals surface area contributed by atoms with Gasteiger partial charge in [0, 0.05) is 12.7 Å². The standard InChI is InChI=1S/C17H24FNO6/c1-17(2)5-4-11-8-12(24-10-23-7-6-22-3)15(19-9-13(20)21)14(18)16(11)25-17/h8,19H,4-7,9-10H2,1-3H3,(H,20,21). The molecule has 1 aliphatic heterocycles. The van der Waals surface area contributed by atoms with Crippen molar-refractivity contribution in [2.45, 2.75) is 32.3 Å². The molecule has 0 saturated carbocycles. The maximum Gasteiger partial charge on any atom is 0.322 e. The van der Waals surface area contributed by atoms with Crippen LogP contribution in [-0.2, 0) is 20.7 Å². The van der Waals surface area contributed by atoms with E-state index in [0.29, 0.717) is 25.2 Å². The third-order valence-corrected chi connectivity index (χ3v) is 3.78. The number of anilines is 1. The van der Waals surface area contributed by atoms with Gasteiger partial charge >= 0.3 is 5.97 Å². The Balaban J connectivity index is 2.23. The van der Waals surface area contributed by atoms with Gasteiger partial charge in [-0.25, -0.2) is 4.39 Å². The molecule has 0 fully saturated rings. The van der Waals surface area contributed by atoms with Crippen LogP contribution in [-0.4, -0.2) is 50.3 Å². The molecule has 0 bridgehead atoms. The van der Waals surface area contributed by atoms with Crippen LogP contribution in [0.1, 0.15) is 25.8 Å². The second-order valence-electron chi connectivity index (χ2n) is 6.32. The average Bonchev–Trinajstić information content (AvgIpc) is 2.54. The van der Waals surface area contributed by atoms with Gasteiger partial charge in [0.1, 0.15) is 23.6 Å². The first-order chi connectivity index (χ1) is 11.8. The number of aryl methyl sites for hydroxylation is 1. The summed E-state index contributed by atoms with van der Waals surface area (Å²) in [6.07, 6.45) is 1.38. The molecule has 25 heavy (non-hydrogen) atoms. The number of halogens is 1. The van der Waals surface area contributed by atoms with Crippen LogP contribution in [0.3, 0.4) is 0 Å². The minimum absolute atomic E-state index is 0.0470. The van der Waals surface area contributed by atoms with Gasteiger partial charge in [0.15, 0.2) is 18.4 Å². The van der Waals surface area contributed by atoms with Crippen LogP contribution in [0.2, 0.25) is 0 Å². The highest BCUT2D eigenvalue weighted by atomic mass is 19.1. The van der Waals surface area contributed by atoms with Crippen molar-refractivity contribution in [1.29, 1.82) is 0 Å². The largest absolute Gasteiger partial charge is 0.484 e. The highest BCUT2D eigenvalue weighted by Gasteiger charge is 2.31. The molecule has 8 heteroatoms. The summed E-state index contributed by atoms with van der Waals surface area (Å²) in [7, 11) is 1.55. The Hall–Kier alpha value is -2.06. The molecular weight excluding hydrogens is 333 g/mol. The van der Waals surface area contributed by atoms with Gasteiger partial charge in [-0.1, -0.05) is 0 Å². The molecule has 7 nitrogen and oxygen atoms in total. The highest BCUT2D eigenvalue weighted by molar-refractivity contribution is 5.75. The molecule has 1 aromatic rings. The number of fused-ring (bicyclic) bond motifs is 1. The van der Waals surface area contributed by atoms with Crippen LogP contribution >= 0.6 is 0 Å². The van der Waals surface area contributed by atoms with Gasteiger partial charge < -0.3 is 29.4 Å². The molecule has 0 unspecified atom stereocenters. The molecule has 1 aromatic carbocycles. The average molecular weight is 357 g/mol. The minimum Gasteiger partial charge on any atom is -0.484 e. The van der Waals surface area contributed by atoms with Crippen LogP contribution in [0.25, 0.3) is 0 Å². The summed E-state index contributed by atoms with van der Waals surface area (Å²) in [6.45, 7) is 3.96. The molecule has 2 rings (SSSR count). The number of carboxylic acids is 1. The van der Waals surface area contributed by atoms with Gasteiger partial charge in [-0.15, -0.1) is 0 Å². The Morgan fingerprint density at radius 2 is 2.20 bits per heavy atom. The van der Waals surface area contributed by atoms with Gasteiger partial charge in [-0.3, -0.25) is 4.79 Å². The fraction of sp³-hybridized carbons (Fsp3) is 0.588. The summed E-state index contributed by atoms with van der Waals surface area (Å²) in [5.41, 5.74) is 0.155. The van der Waals surface area contributed by atoms with Gasteiger partial charge in [0.25, 0.3) is 0 Å². The van der Waals surface area contributed by atoms with Crippen molar-refractivity contribution in [2.75, 3.05) is 39.0 Å². The summed E-state index contributed by atoms with van der Waals surface area (Å²) < 4.78 is 36.2. The van der Waals surface area contributed by atoms with Gasteiger partial charge in [-0.2, -0.15) is 0 Å². The smallest absolute Gasteiger partial charge is 0.322 e. The zero-order chi connectivity index (χ0) is 18.4. The quantitative estimate of drug-likeness (QED) is 0.518. The van der Waals surface area contributed by atoms with Crippen LogP contribution in [0.5, 0.6) is 11.5 Å². The molecule has 0 aliphatic carbocycles. The molecule has 1 aliphatic rings. The zero-order valence-corrected chi connectivity index (χ0v) is 14.7. The predicted molar refractivity (Wildman–Crippen MR) is 88.9 cm³/mol. The normalized spacial score (nSPS) is 15.2. The molecule has 0 atom stereocenters. The van der Waals surface area contributed by atoms with E-state index in [-0.39, 0.29) is 24.0 Å². The second-order valence-corrected chi connectivity index (χ2v) is 6.32. The Morgan fingerprint density at radius 1 is 1.44 bits per heavy atom. The Bertz CT molecular complexity index is 620. The fourth-order valence-corrected chi connectivity index (χ4v) is 2.47. The van der Waals surface area contributed by atoms with Gasteiger partial charge in [0.05, 0.1) is 13.2 Å². The van der Waals surface area contributed by atoms with E-state index in [2.05, 4.69) is 5.32 Å². The van der Waals surface area contributed by atoms with Crippen molar-refractivity contribution in [3.05, 3.63) is 17.4 Å². The number of benzene rings is 1. The molecule has 1 heterocycles. The molecule has 140 valence electrons. The van der Waals surface area contributed by atoms with E-state index in [1.807, 2.05) is 13.8 Å². The first-order valence-electron chi connectivity index (χ1n) is 8.03. The number of methoxy groups -OCH3 is 1. The topological polar surface area (TPSA) is 86.2 Å². The van der Waals surface area contributed by atoms with Crippen LogP contribution in [0, 0.1) is 5.82 Å². The van der Waals surface area contributed by atoms with E-state index >= 15 is 0 Å². The Labute approximate surface area is 146 Å². The number of hydrogen-bond donors (Lipinski definition) is 2. The maximum atomic E-state index is 14.9. The van der Waals surface area contributed by atoms with E-state index in [0.717, 1.165) is 6.42 Å². The Kier molecular flexibility index (Phi) is 6.44. The van der Waals surface area contributed by atoms with Crippen molar-refractivity contribution in [3.63, 3.8) is 0 Å². The zero-order valence-electron chi connectivity index (χ0n) is 14.7. The van der Waals surface area contributed by atoms with Crippen molar-refractivity contribution in [2.24, 2.45) is 0 Å². The number of carbonyl (C=O) groups is 1. The number of carboxylic acid groups (broad SMARTS) is 1. The van der Waals surface area contributed by atoms with Crippen LogP contribution in [0.15, 0.2) is 6.07 Å². The van der Waals surface area contributed by atoms with E-state index in [4.69, 9.17) is 24.1 Å². The van der Waals surface area contributed by atoms with Gasteiger partial charge in [-0.05, 0) is 32.8 Å². The van der Waals surface area contributed by atoms with E-state index in [9.17, 15) is 9.18 Å². The number of aliphatic carboxylic acids is 1. The Morgan fingerprint density at radius 3 is 2.88 bits per heavy atom. The van der Waals surface area contributed by atoms with Crippen LogP contribution in [0.4, 0.5) is 10.1 Å². The van der Waals surface area contributed by atoms with Crippen molar-refractivity contribution in [3.8, 4) is 11.5 Å². The van der Waals surface area contributed by atoms with E-state index < -0.39 is 23.9 Å². The number of rotatable bonds is 9. The maximum absolute atomic E-state index is 14.9. The second kappa shape index (κ2) is 8.35. The first-order valence-corrected chi connectivity index (χ1v) is 8.03. The molecule has 0 saturated heterocycles. The highest BCUT2D eigenvalue weighted by Crippen LogP contribution is 2.42. The molecule has 0 radical (unpaired) electrons. The number of ether oxygens (including phenoxy) is 4. The van der Waals surface area contributed by atoms with Gasteiger partial charge in [0.2, 0.25) is 0 Å². The lowest BCUT2D eigenvalue weighted by molar-refractivity contribution is -0.134. The summed E-state index contributed by atoms with van der Waals surface area (Å²) in [5, 5.41) is 11.4. The van der Waals surface area contributed by atoms with E-state index in [1.54, 1.807) is 13.2 Å². The molecule has 2 N–H and O–H groups in total. The third-order valence-electron chi connectivity index (χ3n) is 3.78. The van der Waals surface area contributed by atoms with Crippen molar-refractivity contribution in [1.82, 2.24) is 0 Å². The van der Waals surface area contributed by atoms with E-state index in [1.165, 1.54) is 0 Å². The number of nitrogens with one attached hydrogen (secondary N) is 1. The third kappa shape index (κ3) is 5.20. The monoisotopic (exact) mass is 357 g/mol. The lowest BCUT2D eigenvalue weighted by atomic mass is 9.93.